The maximum atomic E-state index is 14.3. The lowest BCUT2D eigenvalue weighted by Crippen LogP contribution is -2.65. The Morgan fingerprint density at radius 1 is 1.30 bits per heavy atom. The normalized spacial score (nSPS) is 23.2. The van der Waals surface area contributed by atoms with Gasteiger partial charge in [0.15, 0.2) is 5.72 Å². The van der Waals surface area contributed by atoms with Gasteiger partial charge >= 0.3 is 12.0 Å². The van der Waals surface area contributed by atoms with Crippen LogP contribution >= 0.6 is 0 Å². The Labute approximate surface area is 153 Å². The topological polar surface area (TPSA) is 67.9 Å². The molecule has 2 bridgehead atoms. The predicted molar refractivity (Wildman–Crippen MR) is 91.5 cm³/mol. The molecule has 1 N–H and O–H groups in total. The summed E-state index contributed by atoms with van der Waals surface area (Å²) in [7, 11) is 1.28. The molecule has 1 fully saturated rings. The maximum absolute atomic E-state index is 14.3. The number of methoxy groups -OCH3 is 1. The van der Waals surface area contributed by atoms with Gasteiger partial charge in [0.2, 0.25) is 0 Å². The van der Waals surface area contributed by atoms with Crippen LogP contribution in [0.5, 0.6) is 5.75 Å². The van der Waals surface area contributed by atoms with Crippen molar-refractivity contribution < 1.29 is 27.8 Å². The van der Waals surface area contributed by atoms with E-state index in [-0.39, 0.29) is 5.69 Å². The van der Waals surface area contributed by atoms with Crippen LogP contribution in [0.15, 0.2) is 36.4 Å². The number of amides is 2. The first kappa shape index (κ1) is 17.3. The van der Waals surface area contributed by atoms with Gasteiger partial charge in [0.25, 0.3) is 0 Å². The molecule has 0 radical (unpaired) electrons. The van der Waals surface area contributed by atoms with Crippen LogP contribution in [0.4, 0.5) is 19.3 Å². The van der Waals surface area contributed by atoms with E-state index in [1.165, 1.54) is 13.2 Å². The SMILES string of the molecule is COC(=O)c1ccc2c(c1)C1CC(C)(O2)N(c2ccc(F)cc2F)C(=O)N1. The van der Waals surface area contributed by atoms with Gasteiger partial charge < -0.3 is 14.8 Å². The van der Waals surface area contributed by atoms with Crippen LogP contribution in [0.1, 0.15) is 35.3 Å². The summed E-state index contributed by atoms with van der Waals surface area (Å²) in [5.41, 5.74) is -0.275. The Bertz CT molecular complexity index is 965. The largest absolute Gasteiger partial charge is 0.467 e. The third-order valence-electron chi connectivity index (χ3n) is 4.84. The highest BCUT2D eigenvalue weighted by Crippen LogP contribution is 2.46. The summed E-state index contributed by atoms with van der Waals surface area (Å²) in [6, 6.07) is 6.79. The lowest BCUT2D eigenvalue weighted by Gasteiger charge is -2.50. The Hall–Kier alpha value is -3.16. The van der Waals surface area contributed by atoms with Gasteiger partial charge in [-0.05, 0) is 37.3 Å². The first-order chi connectivity index (χ1) is 12.8. The van der Waals surface area contributed by atoms with Crippen LogP contribution < -0.4 is 15.0 Å². The Morgan fingerprint density at radius 3 is 2.78 bits per heavy atom. The number of nitrogens with zero attached hydrogens (tertiary/aromatic N) is 1. The summed E-state index contributed by atoms with van der Waals surface area (Å²) >= 11 is 0. The molecule has 140 valence electrons. The molecule has 0 aromatic heterocycles. The standard InChI is InChI=1S/C19H16F2N2O4/c1-19-9-14(12-7-10(17(24)26-2)3-6-16(12)27-19)22-18(25)23(19)15-5-4-11(20)8-13(15)21/h3-8,14H,9H2,1-2H3,(H,22,25). The highest BCUT2D eigenvalue weighted by atomic mass is 19.1. The molecule has 8 heteroatoms. The molecule has 2 aliphatic rings. The van der Waals surface area contributed by atoms with Crippen molar-refractivity contribution in [3.63, 3.8) is 0 Å². The van der Waals surface area contributed by atoms with Crippen LogP contribution in [-0.2, 0) is 4.74 Å². The minimum Gasteiger partial charge on any atom is -0.467 e. The third kappa shape index (κ3) is 2.68. The van der Waals surface area contributed by atoms with Gasteiger partial charge in [-0.3, -0.25) is 4.90 Å². The summed E-state index contributed by atoms with van der Waals surface area (Å²) < 4.78 is 38.3. The van der Waals surface area contributed by atoms with Gasteiger partial charge in [0.05, 0.1) is 24.4 Å². The molecule has 0 spiro atoms. The van der Waals surface area contributed by atoms with Crippen LogP contribution in [0, 0.1) is 11.6 Å². The molecular formula is C19H16F2N2O4. The molecule has 4 rings (SSSR count). The molecule has 1 saturated heterocycles. The van der Waals surface area contributed by atoms with Gasteiger partial charge in [-0.1, -0.05) is 0 Å². The molecule has 27 heavy (non-hydrogen) atoms. The average molecular weight is 374 g/mol. The first-order valence-corrected chi connectivity index (χ1v) is 8.29. The van der Waals surface area contributed by atoms with E-state index < -0.39 is 35.4 Å². The molecule has 2 atom stereocenters. The van der Waals surface area contributed by atoms with Crippen molar-refractivity contribution in [3.05, 3.63) is 59.2 Å². The maximum Gasteiger partial charge on any atom is 0.337 e. The number of carbonyl (C=O) groups excluding carboxylic acids is 2. The molecule has 2 aromatic carbocycles. The van der Waals surface area contributed by atoms with Gasteiger partial charge in [-0.2, -0.15) is 0 Å². The molecule has 2 aliphatic heterocycles. The summed E-state index contributed by atoms with van der Waals surface area (Å²) in [6.07, 6.45) is 0.313. The summed E-state index contributed by atoms with van der Waals surface area (Å²) in [6.45, 7) is 1.67. The van der Waals surface area contributed by atoms with Crippen molar-refractivity contribution in [1.82, 2.24) is 5.32 Å². The van der Waals surface area contributed by atoms with E-state index >= 15 is 0 Å². The molecule has 2 amide bonds. The van der Waals surface area contributed by atoms with Gasteiger partial charge in [-0.15, -0.1) is 0 Å². The Balaban J connectivity index is 1.77. The molecule has 0 saturated carbocycles. The lowest BCUT2D eigenvalue weighted by atomic mass is 9.89. The van der Waals surface area contributed by atoms with Crippen molar-refractivity contribution >= 4 is 17.7 Å². The molecule has 0 aliphatic carbocycles. The van der Waals surface area contributed by atoms with Crippen LogP contribution in [0.2, 0.25) is 0 Å². The van der Waals surface area contributed by atoms with Crippen molar-refractivity contribution in [2.24, 2.45) is 0 Å². The zero-order valence-corrected chi connectivity index (χ0v) is 14.6. The molecular weight excluding hydrogens is 358 g/mol. The second-order valence-corrected chi connectivity index (χ2v) is 6.66. The fourth-order valence-corrected chi connectivity index (χ4v) is 3.65. The number of ether oxygens (including phenoxy) is 2. The summed E-state index contributed by atoms with van der Waals surface area (Å²) in [5, 5.41) is 2.80. The number of halogens is 2. The minimum absolute atomic E-state index is 0.0792. The van der Waals surface area contributed by atoms with Crippen LogP contribution in [-0.4, -0.2) is 24.8 Å². The van der Waals surface area contributed by atoms with Crippen molar-refractivity contribution in [2.45, 2.75) is 25.1 Å². The second-order valence-electron chi connectivity index (χ2n) is 6.66. The Morgan fingerprint density at radius 2 is 2.07 bits per heavy atom. The van der Waals surface area contributed by atoms with Crippen molar-refractivity contribution in [1.29, 1.82) is 0 Å². The van der Waals surface area contributed by atoms with Crippen LogP contribution in [0.25, 0.3) is 0 Å². The average Bonchev–Trinajstić information content (AvgIpc) is 2.62. The number of hydrogen-bond donors (Lipinski definition) is 1. The minimum atomic E-state index is -1.18. The molecule has 6 nitrogen and oxygen atoms in total. The van der Waals surface area contributed by atoms with E-state index in [0.29, 0.717) is 23.3 Å². The summed E-state index contributed by atoms with van der Waals surface area (Å²) in [5.74, 6) is -1.63. The van der Waals surface area contributed by atoms with E-state index in [4.69, 9.17) is 9.47 Å². The van der Waals surface area contributed by atoms with Crippen molar-refractivity contribution in [3.8, 4) is 5.75 Å². The van der Waals surface area contributed by atoms with Gasteiger partial charge in [0.1, 0.15) is 17.4 Å². The van der Waals surface area contributed by atoms with E-state index in [0.717, 1.165) is 17.0 Å². The fraction of sp³-hybridized carbons (Fsp3) is 0.263. The van der Waals surface area contributed by atoms with Gasteiger partial charge in [0, 0.05) is 18.1 Å². The van der Waals surface area contributed by atoms with Gasteiger partial charge in [-0.25, -0.2) is 18.4 Å². The van der Waals surface area contributed by atoms with E-state index in [2.05, 4.69) is 5.32 Å². The second kappa shape index (κ2) is 5.94. The number of rotatable bonds is 2. The smallest absolute Gasteiger partial charge is 0.337 e. The summed E-state index contributed by atoms with van der Waals surface area (Å²) in [4.78, 5) is 25.6. The number of hydrogen-bond acceptors (Lipinski definition) is 4. The molecule has 2 unspecified atom stereocenters. The number of esters is 1. The zero-order chi connectivity index (χ0) is 19.3. The first-order valence-electron chi connectivity index (χ1n) is 8.29. The highest BCUT2D eigenvalue weighted by Gasteiger charge is 2.50. The third-order valence-corrected chi connectivity index (χ3v) is 4.84. The quantitative estimate of drug-likeness (QED) is 0.817. The van der Waals surface area contributed by atoms with E-state index in [1.54, 1.807) is 25.1 Å². The lowest BCUT2D eigenvalue weighted by molar-refractivity contribution is 0.0372. The number of benzene rings is 2. The van der Waals surface area contributed by atoms with Crippen molar-refractivity contribution in [2.75, 3.05) is 12.0 Å². The molecule has 2 heterocycles. The van der Waals surface area contributed by atoms with Crippen LogP contribution in [0.3, 0.4) is 0 Å². The highest BCUT2D eigenvalue weighted by molar-refractivity contribution is 5.95. The van der Waals surface area contributed by atoms with E-state index in [1.807, 2.05) is 0 Å². The van der Waals surface area contributed by atoms with E-state index in [9.17, 15) is 18.4 Å². The molecule has 2 aromatic rings. The number of nitrogens with one attached hydrogen (secondary N) is 1. The Kier molecular flexibility index (Phi) is 3.80. The number of fused-ring (bicyclic) bond motifs is 4. The zero-order valence-electron chi connectivity index (χ0n) is 14.6. The number of carbonyl (C=O) groups is 2. The number of anilines is 1. The number of urea groups is 1. The fourth-order valence-electron chi connectivity index (χ4n) is 3.65. The predicted octanol–water partition coefficient (Wildman–Crippen LogP) is 3.52. The monoisotopic (exact) mass is 374 g/mol.